The molecule has 0 aromatic heterocycles. The Morgan fingerprint density at radius 1 is 1.07 bits per heavy atom. The molecule has 2 aromatic carbocycles. The highest BCUT2D eigenvalue weighted by Gasteiger charge is 2.20. The third-order valence-electron chi connectivity index (χ3n) is 5.43. The summed E-state index contributed by atoms with van der Waals surface area (Å²) in [6.45, 7) is 4.18. The predicted octanol–water partition coefficient (Wildman–Crippen LogP) is 3.22. The maximum absolute atomic E-state index is 11.8. The highest BCUT2D eigenvalue weighted by Crippen LogP contribution is 2.31. The minimum absolute atomic E-state index is 0.0619. The third-order valence-corrected chi connectivity index (χ3v) is 6.73. The standard InChI is InChI=1S/C22H31N3O4S/c1-4-30(26,27)24-19-8-6-9-20(15-19)25-13-11-18(12-14-25)23-16-17-7-5-10-21(28-2)22(17)29-3/h5-10,15,18,23-24H,4,11-14,16H2,1-3H3. The molecule has 8 heteroatoms. The summed E-state index contributed by atoms with van der Waals surface area (Å²) in [4.78, 5) is 2.30. The van der Waals surface area contributed by atoms with E-state index in [0.717, 1.165) is 55.2 Å². The summed E-state index contributed by atoms with van der Waals surface area (Å²) in [5.41, 5.74) is 2.73. The normalized spacial score (nSPS) is 15.1. The fourth-order valence-electron chi connectivity index (χ4n) is 3.71. The molecule has 0 unspecified atom stereocenters. The molecule has 1 aliphatic rings. The van der Waals surface area contributed by atoms with Gasteiger partial charge in [0.1, 0.15) is 0 Å². The van der Waals surface area contributed by atoms with Gasteiger partial charge in [-0.25, -0.2) is 8.42 Å². The Hall–Kier alpha value is -2.45. The van der Waals surface area contributed by atoms with Crippen molar-refractivity contribution in [1.29, 1.82) is 0 Å². The van der Waals surface area contributed by atoms with Crippen LogP contribution in [0.25, 0.3) is 0 Å². The number of hydrogen-bond donors (Lipinski definition) is 2. The first-order chi connectivity index (χ1) is 14.5. The van der Waals surface area contributed by atoms with Crippen LogP contribution in [0, 0.1) is 0 Å². The average molecular weight is 434 g/mol. The van der Waals surface area contributed by atoms with E-state index in [1.807, 2.05) is 36.4 Å². The molecule has 0 aliphatic carbocycles. The van der Waals surface area contributed by atoms with Gasteiger partial charge in [-0.3, -0.25) is 4.72 Å². The fourth-order valence-corrected chi connectivity index (χ4v) is 4.34. The minimum atomic E-state index is -3.27. The van der Waals surface area contributed by atoms with Crippen molar-refractivity contribution in [2.24, 2.45) is 0 Å². The lowest BCUT2D eigenvalue weighted by atomic mass is 10.0. The number of para-hydroxylation sites is 1. The molecule has 7 nitrogen and oxygen atoms in total. The molecule has 0 spiro atoms. The van der Waals surface area contributed by atoms with E-state index in [1.165, 1.54) is 0 Å². The van der Waals surface area contributed by atoms with E-state index in [4.69, 9.17) is 9.47 Å². The number of hydrogen-bond acceptors (Lipinski definition) is 6. The maximum Gasteiger partial charge on any atom is 0.232 e. The van der Waals surface area contributed by atoms with Gasteiger partial charge < -0.3 is 19.7 Å². The number of benzene rings is 2. The predicted molar refractivity (Wildman–Crippen MR) is 121 cm³/mol. The Labute approximate surface area is 179 Å². The Morgan fingerprint density at radius 2 is 1.80 bits per heavy atom. The highest BCUT2D eigenvalue weighted by atomic mass is 32.2. The summed E-state index contributed by atoms with van der Waals surface area (Å²) < 4.78 is 37.2. The second-order valence-electron chi connectivity index (χ2n) is 7.35. The summed E-state index contributed by atoms with van der Waals surface area (Å²) in [6.07, 6.45) is 2.02. The van der Waals surface area contributed by atoms with E-state index in [-0.39, 0.29) is 5.75 Å². The lowest BCUT2D eigenvalue weighted by molar-refractivity contribution is 0.347. The average Bonchev–Trinajstić information content (AvgIpc) is 2.77. The molecule has 30 heavy (non-hydrogen) atoms. The van der Waals surface area contributed by atoms with Crippen LogP contribution in [0.1, 0.15) is 25.3 Å². The number of anilines is 2. The van der Waals surface area contributed by atoms with Crippen molar-refractivity contribution >= 4 is 21.4 Å². The molecule has 3 rings (SSSR count). The van der Waals surface area contributed by atoms with Gasteiger partial charge in [-0.2, -0.15) is 0 Å². The second-order valence-corrected chi connectivity index (χ2v) is 9.36. The number of rotatable bonds is 9. The van der Waals surface area contributed by atoms with E-state index in [0.29, 0.717) is 11.7 Å². The third kappa shape index (κ3) is 5.58. The first kappa shape index (κ1) is 22.2. The van der Waals surface area contributed by atoms with E-state index in [1.54, 1.807) is 27.2 Å². The number of piperidine rings is 1. The van der Waals surface area contributed by atoms with Gasteiger partial charge in [-0.05, 0) is 44.0 Å². The summed E-state index contributed by atoms with van der Waals surface area (Å²) in [5, 5.41) is 3.63. The zero-order chi connectivity index (χ0) is 21.6. The van der Waals surface area contributed by atoms with E-state index < -0.39 is 10.0 Å². The number of ether oxygens (including phenoxy) is 2. The van der Waals surface area contributed by atoms with Gasteiger partial charge in [-0.1, -0.05) is 18.2 Å². The molecule has 0 atom stereocenters. The number of nitrogens with one attached hydrogen (secondary N) is 2. The van der Waals surface area contributed by atoms with Crippen LogP contribution in [0.5, 0.6) is 11.5 Å². The van der Waals surface area contributed by atoms with Gasteiger partial charge >= 0.3 is 0 Å². The number of methoxy groups -OCH3 is 2. The Balaban J connectivity index is 1.56. The second kappa shape index (κ2) is 10.0. The zero-order valence-corrected chi connectivity index (χ0v) is 18.7. The molecule has 0 bridgehead atoms. The van der Waals surface area contributed by atoms with Crippen molar-refractivity contribution in [3.63, 3.8) is 0 Å². The lowest BCUT2D eigenvalue weighted by Gasteiger charge is -2.34. The molecule has 1 fully saturated rings. The SMILES string of the molecule is CCS(=O)(=O)Nc1cccc(N2CCC(NCc3cccc(OC)c3OC)CC2)c1. The molecular weight excluding hydrogens is 402 g/mol. The lowest BCUT2D eigenvalue weighted by Crippen LogP contribution is -2.42. The number of nitrogens with zero attached hydrogens (tertiary/aromatic N) is 1. The van der Waals surface area contributed by atoms with Crippen LogP contribution in [0.2, 0.25) is 0 Å². The van der Waals surface area contributed by atoms with E-state index in [9.17, 15) is 8.42 Å². The smallest absolute Gasteiger partial charge is 0.232 e. The summed E-state index contributed by atoms with van der Waals surface area (Å²) >= 11 is 0. The molecule has 1 aliphatic heterocycles. The van der Waals surface area contributed by atoms with Crippen LogP contribution < -0.4 is 24.4 Å². The van der Waals surface area contributed by atoms with Crippen molar-refractivity contribution in [2.45, 2.75) is 32.4 Å². The molecule has 1 saturated heterocycles. The van der Waals surface area contributed by atoms with E-state index in [2.05, 4.69) is 14.9 Å². The first-order valence-electron chi connectivity index (χ1n) is 10.2. The maximum atomic E-state index is 11.8. The molecule has 0 saturated carbocycles. The quantitative estimate of drug-likeness (QED) is 0.632. The van der Waals surface area contributed by atoms with E-state index >= 15 is 0 Å². The summed E-state index contributed by atoms with van der Waals surface area (Å²) in [5.74, 6) is 1.58. The Morgan fingerprint density at radius 3 is 2.47 bits per heavy atom. The summed E-state index contributed by atoms with van der Waals surface area (Å²) in [6, 6.07) is 13.9. The van der Waals surface area contributed by atoms with Crippen LogP contribution >= 0.6 is 0 Å². The molecule has 0 radical (unpaired) electrons. The van der Waals surface area contributed by atoms with Gasteiger partial charge in [-0.15, -0.1) is 0 Å². The van der Waals surface area contributed by atoms with Gasteiger partial charge in [0.05, 0.1) is 25.7 Å². The topological polar surface area (TPSA) is 79.9 Å². The van der Waals surface area contributed by atoms with Crippen molar-refractivity contribution in [1.82, 2.24) is 5.32 Å². The van der Waals surface area contributed by atoms with Crippen molar-refractivity contribution in [3.05, 3.63) is 48.0 Å². The molecule has 2 N–H and O–H groups in total. The van der Waals surface area contributed by atoms with Crippen LogP contribution in [0.15, 0.2) is 42.5 Å². The first-order valence-corrected chi connectivity index (χ1v) is 11.9. The molecular formula is C22H31N3O4S. The van der Waals surface area contributed by atoms with Gasteiger partial charge in [0.2, 0.25) is 10.0 Å². The zero-order valence-electron chi connectivity index (χ0n) is 17.8. The Kier molecular flexibility index (Phi) is 7.44. The van der Waals surface area contributed by atoms with Crippen LogP contribution in [-0.4, -0.2) is 47.5 Å². The van der Waals surface area contributed by atoms with Crippen LogP contribution in [0.4, 0.5) is 11.4 Å². The minimum Gasteiger partial charge on any atom is -0.493 e. The highest BCUT2D eigenvalue weighted by molar-refractivity contribution is 7.92. The van der Waals surface area contributed by atoms with Crippen molar-refractivity contribution in [3.8, 4) is 11.5 Å². The van der Waals surface area contributed by atoms with Gasteiger partial charge in [0, 0.05) is 36.9 Å². The monoisotopic (exact) mass is 433 g/mol. The molecule has 164 valence electrons. The number of sulfonamides is 1. The van der Waals surface area contributed by atoms with Crippen LogP contribution in [-0.2, 0) is 16.6 Å². The molecule has 2 aromatic rings. The van der Waals surface area contributed by atoms with Crippen molar-refractivity contribution in [2.75, 3.05) is 42.7 Å². The van der Waals surface area contributed by atoms with Crippen LogP contribution in [0.3, 0.4) is 0 Å². The van der Waals surface area contributed by atoms with Gasteiger partial charge in [0.25, 0.3) is 0 Å². The van der Waals surface area contributed by atoms with Crippen molar-refractivity contribution < 1.29 is 17.9 Å². The molecule has 0 amide bonds. The fraction of sp³-hybridized carbons (Fsp3) is 0.455. The molecule has 1 heterocycles. The van der Waals surface area contributed by atoms with Gasteiger partial charge in [0.15, 0.2) is 11.5 Å². The summed E-state index contributed by atoms with van der Waals surface area (Å²) in [7, 11) is 0.0360. The Bertz CT molecular complexity index is 941. The largest absolute Gasteiger partial charge is 0.493 e.